The van der Waals surface area contributed by atoms with Crippen LogP contribution in [0.4, 0.5) is 18.9 Å². The zero-order valence-corrected chi connectivity index (χ0v) is 11.2. The highest BCUT2D eigenvalue weighted by Crippen LogP contribution is 2.36. The second-order valence-corrected chi connectivity index (χ2v) is 6.48. The Bertz CT molecular complexity index is 518. The van der Waals surface area contributed by atoms with Crippen molar-refractivity contribution in [3.05, 3.63) is 28.8 Å². The molecular weight excluding hydrogens is 347 g/mol. The van der Waals surface area contributed by atoms with Gasteiger partial charge in [-0.1, -0.05) is 27.5 Å². The van der Waals surface area contributed by atoms with Crippen LogP contribution in [0.25, 0.3) is 0 Å². The Hall–Kier alpha value is -0.470. The van der Waals surface area contributed by atoms with E-state index in [2.05, 4.69) is 15.9 Å². The summed E-state index contributed by atoms with van der Waals surface area (Å²) < 4.78 is 61.5. The molecule has 0 heterocycles. The van der Waals surface area contributed by atoms with Gasteiger partial charge in [0, 0.05) is 5.02 Å². The van der Waals surface area contributed by atoms with Gasteiger partial charge in [-0.15, -0.1) is 0 Å². The Balaban J connectivity index is 3.26. The van der Waals surface area contributed by atoms with Gasteiger partial charge < -0.3 is 0 Å². The van der Waals surface area contributed by atoms with Gasteiger partial charge >= 0.3 is 6.18 Å². The number of hydrogen-bond acceptors (Lipinski definition) is 2. The molecular formula is C8H6BrClF3NO2S. The maximum absolute atomic E-state index is 12.6. The van der Waals surface area contributed by atoms with Crippen LogP contribution in [0, 0.1) is 0 Å². The maximum Gasteiger partial charge on any atom is 0.418 e. The molecule has 0 saturated heterocycles. The van der Waals surface area contributed by atoms with Crippen molar-refractivity contribution in [1.82, 2.24) is 0 Å². The lowest BCUT2D eigenvalue weighted by atomic mass is 10.2. The van der Waals surface area contributed by atoms with Crippen LogP contribution in [-0.2, 0) is 16.2 Å². The highest BCUT2D eigenvalue weighted by molar-refractivity contribution is 9.10. The molecule has 1 aromatic rings. The molecule has 0 aliphatic rings. The van der Waals surface area contributed by atoms with Gasteiger partial charge in [-0.25, -0.2) is 8.42 Å². The summed E-state index contributed by atoms with van der Waals surface area (Å²) in [5, 5.41) is -0.126. The molecule has 0 aliphatic carbocycles. The number of anilines is 1. The summed E-state index contributed by atoms with van der Waals surface area (Å²) >= 11 is 8.10. The Labute approximate surface area is 109 Å². The fourth-order valence-electron chi connectivity index (χ4n) is 1.03. The molecule has 0 bridgehead atoms. The Morgan fingerprint density at radius 1 is 1.35 bits per heavy atom. The molecule has 0 aromatic heterocycles. The zero-order chi connectivity index (χ0) is 13.3. The molecule has 17 heavy (non-hydrogen) atoms. The van der Waals surface area contributed by atoms with Gasteiger partial charge in [0.1, 0.15) is 4.66 Å². The third-order valence-corrected chi connectivity index (χ3v) is 4.56. The average Bonchev–Trinajstić information content (AvgIpc) is 2.19. The van der Waals surface area contributed by atoms with Crippen molar-refractivity contribution in [3.63, 3.8) is 0 Å². The first-order chi connectivity index (χ1) is 7.65. The lowest BCUT2D eigenvalue weighted by Gasteiger charge is -2.14. The van der Waals surface area contributed by atoms with E-state index >= 15 is 0 Å². The van der Waals surface area contributed by atoms with Crippen molar-refractivity contribution in [2.45, 2.75) is 6.18 Å². The zero-order valence-electron chi connectivity index (χ0n) is 8.05. The number of rotatable bonds is 3. The molecule has 1 N–H and O–H groups in total. The number of hydrogen-bond donors (Lipinski definition) is 1. The minimum atomic E-state index is -4.69. The fraction of sp³-hybridized carbons (Fsp3) is 0.250. The summed E-state index contributed by atoms with van der Waals surface area (Å²) in [6, 6.07) is 2.79. The molecule has 0 radical (unpaired) electrons. The van der Waals surface area contributed by atoms with E-state index in [0.717, 1.165) is 6.07 Å². The molecule has 9 heteroatoms. The third-order valence-electron chi connectivity index (χ3n) is 1.70. The fourth-order valence-corrected chi connectivity index (χ4v) is 2.12. The second-order valence-electron chi connectivity index (χ2n) is 3.01. The lowest BCUT2D eigenvalue weighted by Crippen LogP contribution is -2.17. The number of halogens is 5. The van der Waals surface area contributed by atoms with Crippen LogP contribution in [0.15, 0.2) is 18.2 Å². The van der Waals surface area contributed by atoms with Gasteiger partial charge in [-0.2, -0.15) is 13.2 Å². The molecule has 0 spiro atoms. The van der Waals surface area contributed by atoms with Crippen molar-refractivity contribution in [2.24, 2.45) is 0 Å². The highest BCUT2D eigenvalue weighted by atomic mass is 79.9. The van der Waals surface area contributed by atoms with Gasteiger partial charge in [-0.3, -0.25) is 4.72 Å². The van der Waals surface area contributed by atoms with E-state index < -0.39 is 32.1 Å². The topological polar surface area (TPSA) is 46.2 Å². The molecule has 0 amide bonds. The standard InChI is InChI=1S/C8H6BrClF3NO2S/c9-4-17(15,16)14-7-2-1-5(10)3-6(7)8(11,12)13/h1-3,14H,4H2. The molecule has 0 fully saturated rings. The quantitative estimate of drug-likeness (QED) is 0.847. The molecule has 0 aliphatic heterocycles. The maximum atomic E-state index is 12.6. The van der Waals surface area contributed by atoms with Gasteiger partial charge in [0.2, 0.25) is 10.0 Å². The molecule has 0 saturated carbocycles. The van der Waals surface area contributed by atoms with E-state index in [1.807, 2.05) is 4.72 Å². The minimum Gasteiger partial charge on any atom is -0.282 e. The van der Waals surface area contributed by atoms with E-state index in [1.165, 1.54) is 6.07 Å². The van der Waals surface area contributed by atoms with E-state index in [-0.39, 0.29) is 5.02 Å². The van der Waals surface area contributed by atoms with Gasteiger partial charge in [-0.05, 0) is 18.2 Å². The lowest BCUT2D eigenvalue weighted by molar-refractivity contribution is -0.136. The monoisotopic (exact) mass is 351 g/mol. The minimum absolute atomic E-state index is 0.126. The number of sulfonamides is 1. The summed E-state index contributed by atoms with van der Waals surface area (Å²) in [5.41, 5.74) is -1.68. The Morgan fingerprint density at radius 3 is 2.41 bits per heavy atom. The van der Waals surface area contributed by atoms with Crippen LogP contribution in [0.5, 0.6) is 0 Å². The first-order valence-electron chi connectivity index (χ1n) is 4.09. The number of alkyl halides is 4. The second kappa shape index (κ2) is 5.03. The van der Waals surface area contributed by atoms with Crippen LogP contribution in [-0.4, -0.2) is 13.1 Å². The summed E-state index contributed by atoms with van der Waals surface area (Å²) in [7, 11) is -3.84. The summed E-state index contributed by atoms with van der Waals surface area (Å²) in [6.07, 6.45) is -4.69. The van der Waals surface area contributed by atoms with Crippen molar-refractivity contribution in [2.75, 3.05) is 9.38 Å². The van der Waals surface area contributed by atoms with Crippen LogP contribution < -0.4 is 4.72 Å². The van der Waals surface area contributed by atoms with Crippen molar-refractivity contribution in [1.29, 1.82) is 0 Å². The van der Waals surface area contributed by atoms with Crippen molar-refractivity contribution >= 4 is 43.2 Å². The normalized spacial score (nSPS) is 12.5. The summed E-state index contributed by atoms with van der Waals surface area (Å²) in [4.78, 5) is 0. The number of nitrogens with one attached hydrogen (secondary N) is 1. The van der Waals surface area contributed by atoms with Gasteiger partial charge in [0.25, 0.3) is 0 Å². The van der Waals surface area contributed by atoms with Crippen LogP contribution in [0.3, 0.4) is 0 Å². The first-order valence-corrected chi connectivity index (χ1v) is 7.24. The van der Waals surface area contributed by atoms with E-state index in [1.54, 1.807) is 0 Å². The highest BCUT2D eigenvalue weighted by Gasteiger charge is 2.34. The summed E-state index contributed by atoms with van der Waals surface area (Å²) in [6.45, 7) is 0. The molecule has 0 unspecified atom stereocenters. The SMILES string of the molecule is O=S(=O)(CBr)Nc1ccc(Cl)cc1C(F)(F)F. The molecule has 1 rings (SSSR count). The molecule has 1 aromatic carbocycles. The smallest absolute Gasteiger partial charge is 0.282 e. The summed E-state index contributed by atoms with van der Waals surface area (Å²) in [5.74, 6) is 0. The van der Waals surface area contributed by atoms with Gasteiger partial charge in [0.05, 0.1) is 11.3 Å². The van der Waals surface area contributed by atoms with Crippen LogP contribution in [0.1, 0.15) is 5.56 Å². The van der Waals surface area contributed by atoms with E-state index in [9.17, 15) is 21.6 Å². The Kier molecular flexibility index (Phi) is 4.32. The van der Waals surface area contributed by atoms with Crippen molar-refractivity contribution < 1.29 is 21.6 Å². The van der Waals surface area contributed by atoms with E-state index in [4.69, 9.17) is 11.6 Å². The first kappa shape index (κ1) is 14.6. The Morgan fingerprint density at radius 2 is 1.94 bits per heavy atom. The van der Waals surface area contributed by atoms with Crippen molar-refractivity contribution in [3.8, 4) is 0 Å². The third kappa shape index (κ3) is 4.04. The predicted molar refractivity (Wildman–Crippen MR) is 62.8 cm³/mol. The van der Waals surface area contributed by atoms with Crippen LogP contribution in [0.2, 0.25) is 5.02 Å². The predicted octanol–water partition coefficient (Wildman–Crippen LogP) is 3.45. The van der Waals surface area contributed by atoms with E-state index in [0.29, 0.717) is 6.07 Å². The molecule has 3 nitrogen and oxygen atoms in total. The van der Waals surface area contributed by atoms with Gasteiger partial charge in [0.15, 0.2) is 0 Å². The van der Waals surface area contributed by atoms with Crippen LogP contribution >= 0.6 is 27.5 Å². The average molecular weight is 353 g/mol. The number of benzene rings is 1. The largest absolute Gasteiger partial charge is 0.418 e. The molecule has 96 valence electrons. The molecule has 0 atom stereocenters.